The second-order valence-corrected chi connectivity index (χ2v) is 4.92. The van der Waals surface area contributed by atoms with Crippen LogP contribution in [0.25, 0.3) is 5.69 Å². The van der Waals surface area contributed by atoms with Crippen LogP contribution in [-0.2, 0) is 6.54 Å². The highest BCUT2D eigenvalue weighted by atomic mass is 35.5. The second kappa shape index (κ2) is 5.93. The number of halogens is 2. The summed E-state index contributed by atoms with van der Waals surface area (Å²) >= 11 is 6.01. The van der Waals surface area contributed by atoms with Gasteiger partial charge in [0.2, 0.25) is 0 Å². The average molecular weight is 303 g/mol. The number of nitrogens with one attached hydrogen (secondary N) is 1. The van der Waals surface area contributed by atoms with Crippen LogP contribution in [-0.4, -0.2) is 14.8 Å². The Morgan fingerprint density at radius 2 is 1.90 bits per heavy atom. The summed E-state index contributed by atoms with van der Waals surface area (Å²) in [6.45, 7) is 0.519. The molecule has 0 spiro atoms. The molecular weight excluding hydrogens is 291 g/mol. The first kappa shape index (κ1) is 13.6. The Kier molecular flexibility index (Phi) is 3.83. The SMILES string of the molecule is Fc1ccc(CNc2cccc(-n3cnnc3)c2)c(Cl)c1. The maximum absolute atomic E-state index is 13.0. The molecule has 3 aromatic rings. The van der Waals surface area contributed by atoms with Gasteiger partial charge in [-0.25, -0.2) is 4.39 Å². The fourth-order valence-electron chi connectivity index (χ4n) is 1.97. The Morgan fingerprint density at radius 3 is 2.67 bits per heavy atom. The molecule has 1 aromatic heterocycles. The number of hydrogen-bond donors (Lipinski definition) is 1. The lowest BCUT2D eigenvalue weighted by Gasteiger charge is -2.10. The highest BCUT2D eigenvalue weighted by Crippen LogP contribution is 2.20. The molecule has 21 heavy (non-hydrogen) atoms. The second-order valence-electron chi connectivity index (χ2n) is 4.51. The molecule has 106 valence electrons. The van der Waals surface area contributed by atoms with Gasteiger partial charge in [-0.2, -0.15) is 0 Å². The Hall–Kier alpha value is -2.40. The highest BCUT2D eigenvalue weighted by molar-refractivity contribution is 6.31. The van der Waals surface area contributed by atoms with E-state index in [2.05, 4.69) is 15.5 Å². The predicted octanol–water partition coefficient (Wildman–Crippen LogP) is 3.67. The standard InChI is InChI=1S/C15H12ClFN4/c16-15-6-12(17)5-4-11(15)8-18-13-2-1-3-14(7-13)21-9-19-20-10-21/h1-7,9-10,18H,8H2. The van der Waals surface area contributed by atoms with Crippen LogP contribution >= 0.6 is 11.6 Å². The Bertz CT molecular complexity index is 743. The van der Waals surface area contributed by atoms with Crippen LogP contribution in [0.3, 0.4) is 0 Å². The van der Waals surface area contributed by atoms with E-state index in [1.165, 1.54) is 12.1 Å². The Morgan fingerprint density at radius 1 is 1.10 bits per heavy atom. The van der Waals surface area contributed by atoms with Gasteiger partial charge in [-0.05, 0) is 35.9 Å². The van der Waals surface area contributed by atoms with E-state index in [1.807, 2.05) is 28.8 Å². The number of rotatable bonds is 4. The van der Waals surface area contributed by atoms with Crippen LogP contribution in [0.15, 0.2) is 55.1 Å². The minimum Gasteiger partial charge on any atom is -0.381 e. The number of hydrogen-bond acceptors (Lipinski definition) is 3. The smallest absolute Gasteiger partial charge is 0.124 e. The summed E-state index contributed by atoms with van der Waals surface area (Å²) in [4.78, 5) is 0. The molecule has 0 aliphatic heterocycles. The first-order chi connectivity index (χ1) is 10.2. The maximum Gasteiger partial charge on any atom is 0.124 e. The summed E-state index contributed by atoms with van der Waals surface area (Å²) in [5.74, 6) is -0.335. The number of aromatic nitrogens is 3. The van der Waals surface area contributed by atoms with Crippen molar-refractivity contribution in [1.82, 2.24) is 14.8 Å². The van der Waals surface area contributed by atoms with E-state index in [1.54, 1.807) is 18.7 Å². The summed E-state index contributed by atoms with van der Waals surface area (Å²) in [6.07, 6.45) is 3.27. The van der Waals surface area contributed by atoms with Gasteiger partial charge in [-0.3, -0.25) is 4.57 Å². The lowest BCUT2D eigenvalue weighted by atomic mass is 10.2. The van der Waals surface area contributed by atoms with E-state index in [-0.39, 0.29) is 5.82 Å². The molecule has 0 radical (unpaired) electrons. The van der Waals surface area contributed by atoms with E-state index in [9.17, 15) is 4.39 Å². The molecule has 2 aromatic carbocycles. The van der Waals surface area contributed by atoms with Crippen molar-refractivity contribution >= 4 is 17.3 Å². The summed E-state index contributed by atoms with van der Waals surface area (Å²) in [5.41, 5.74) is 2.73. The van der Waals surface area contributed by atoms with Crippen LogP contribution in [0.5, 0.6) is 0 Å². The molecule has 0 fully saturated rings. The number of nitrogens with zero attached hydrogens (tertiary/aromatic N) is 3. The van der Waals surface area contributed by atoms with E-state index in [0.717, 1.165) is 16.9 Å². The van der Waals surface area contributed by atoms with Gasteiger partial charge in [0, 0.05) is 17.3 Å². The maximum atomic E-state index is 13.0. The highest BCUT2D eigenvalue weighted by Gasteiger charge is 2.03. The summed E-state index contributed by atoms with van der Waals surface area (Å²) in [6, 6.07) is 12.2. The third-order valence-electron chi connectivity index (χ3n) is 3.06. The molecule has 6 heteroatoms. The predicted molar refractivity (Wildman–Crippen MR) is 80.1 cm³/mol. The van der Waals surface area contributed by atoms with Crippen molar-refractivity contribution < 1.29 is 4.39 Å². The van der Waals surface area contributed by atoms with E-state index < -0.39 is 0 Å². The monoisotopic (exact) mass is 302 g/mol. The van der Waals surface area contributed by atoms with Gasteiger partial charge < -0.3 is 5.32 Å². The lowest BCUT2D eigenvalue weighted by Crippen LogP contribution is -2.01. The molecule has 1 heterocycles. The van der Waals surface area contributed by atoms with Gasteiger partial charge in [0.1, 0.15) is 18.5 Å². The number of anilines is 1. The molecule has 0 saturated heterocycles. The Labute approximate surface area is 126 Å². The van der Waals surface area contributed by atoms with Gasteiger partial charge in [-0.15, -0.1) is 10.2 Å². The molecule has 0 bridgehead atoms. The first-order valence-corrected chi connectivity index (χ1v) is 6.73. The fraction of sp³-hybridized carbons (Fsp3) is 0.0667. The van der Waals surface area contributed by atoms with E-state index in [4.69, 9.17) is 11.6 Å². The van der Waals surface area contributed by atoms with Crippen molar-refractivity contribution in [2.75, 3.05) is 5.32 Å². The zero-order chi connectivity index (χ0) is 14.7. The average Bonchev–Trinajstić information content (AvgIpc) is 3.01. The zero-order valence-electron chi connectivity index (χ0n) is 11.0. The molecule has 0 amide bonds. The van der Waals surface area contributed by atoms with Gasteiger partial charge in [0.25, 0.3) is 0 Å². The van der Waals surface area contributed by atoms with E-state index in [0.29, 0.717) is 11.6 Å². The summed E-state index contributed by atoms with van der Waals surface area (Å²) < 4.78 is 14.8. The molecule has 0 atom stereocenters. The van der Waals surface area contributed by atoms with Crippen LogP contribution in [0.4, 0.5) is 10.1 Å². The molecule has 3 rings (SSSR count). The quantitative estimate of drug-likeness (QED) is 0.799. The summed E-state index contributed by atoms with van der Waals surface area (Å²) in [5, 5.41) is 11.2. The van der Waals surface area contributed by atoms with Crippen molar-refractivity contribution in [1.29, 1.82) is 0 Å². The van der Waals surface area contributed by atoms with Crippen molar-refractivity contribution in [3.8, 4) is 5.69 Å². The van der Waals surface area contributed by atoms with Crippen LogP contribution < -0.4 is 5.32 Å². The molecular formula is C15H12ClFN4. The molecule has 4 nitrogen and oxygen atoms in total. The van der Waals surface area contributed by atoms with Crippen molar-refractivity contribution in [2.45, 2.75) is 6.54 Å². The largest absolute Gasteiger partial charge is 0.381 e. The molecule has 0 aliphatic rings. The van der Waals surface area contributed by atoms with Gasteiger partial charge >= 0.3 is 0 Å². The van der Waals surface area contributed by atoms with Crippen LogP contribution in [0.2, 0.25) is 5.02 Å². The molecule has 1 N–H and O–H groups in total. The van der Waals surface area contributed by atoms with Gasteiger partial charge in [0.05, 0.1) is 5.69 Å². The zero-order valence-corrected chi connectivity index (χ0v) is 11.8. The van der Waals surface area contributed by atoms with Crippen molar-refractivity contribution in [2.24, 2.45) is 0 Å². The van der Waals surface area contributed by atoms with E-state index >= 15 is 0 Å². The third kappa shape index (κ3) is 3.20. The fourth-order valence-corrected chi connectivity index (χ4v) is 2.21. The third-order valence-corrected chi connectivity index (χ3v) is 3.41. The first-order valence-electron chi connectivity index (χ1n) is 6.35. The minimum absolute atomic E-state index is 0.335. The molecule has 0 saturated carbocycles. The summed E-state index contributed by atoms with van der Waals surface area (Å²) in [7, 11) is 0. The van der Waals surface area contributed by atoms with Crippen molar-refractivity contribution in [3.05, 3.63) is 71.5 Å². The van der Waals surface area contributed by atoms with Crippen LogP contribution in [0, 0.1) is 5.82 Å². The van der Waals surface area contributed by atoms with Gasteiger partial charge in [-0.1, -0.05) is 23.7 Å². The topological polar surface area (TPSA) is 42.7 Å². The number of benzene rings is 2. The Balaban J connectivity index is 1.75. The lowest BCUT2D eigenvalue weighted by molar-refractivity contribution is 0.627. The van der Waals surface area contributed by atoms with Gasteiger partial charge in [0.15, 0.2) is 0 Å². The van der Waals surface area contributed by atoms with Crippen LogP contribution in [0.1, 0.15) is 5.56 Å². The normalized spacial score (nSPS) is 10.6. The van der Waals surface area contributed by atoms with Crippen molar-refractivity contribution in [3.63, 3.8) is 0 Å². The molecule has 0 aliphatic carbocycles. The molecule has 0 unspecified atom stereocenters. The minimum atomic E-state index is -0.335.